The number of hydrogen-bond donors (Lipinski definition) is 5. The average Bonchev–Trinajstić information content (AvgIpc) is 3.37. The van der Waals surface area contributed by atoms with E-state index in [4.69, 9.17) is 11.5 Å². The van der Waals surface area contributed by atoms with E-state index in [-0.39, 0.29) is 17.3 Å². The molecule has 1 aliphatic rings. The number of primary amides is 2. The van der Waals surface area contributed by atoms with Crippen LogP contribution in [0, 0.1) is 12.8 Å². The number of nitrogens with zero attached hydrogens (tertiary/aromatic N) is 3. The van der Waals surface area contributed by atoms with Crippen molar-refractivity contribution in [3.05, 3.63) is 35.9 Å². The molecule has 1 fully saturated rings. The van der Waals surface area contributed by atoms with E-state index in [9.17, 15) is 14.8 Å². The normalized spacial score (nSPS) is 14.4. The van der Waals surface area contributed by atoms with Crippen molar-refractivity contribution in [2.24, 2.45) is 17.4 Å². The van der Waals surface area contributed by atoms with Gasteiger partial charge in [-0.3, -0.25) is 14.8 Å². The van der Waals surface area contributed by atoms with Crippen molar-refractivity contribution in [3.63, 3.8) is 0 Å². The lowest BCUT2D eigenvalue weighted by Crippen LogP contribution is -2.36. The van der Waals surface area contributed by atoms with Crippen LogP contribution < -0.4 is 26.8 Å². The van der Waals surface area contributed by atoms with E-state index in [0.29, 0.717) is 18.0 Å². The van der Waals surface area contributed by atoms with Crippen LogP contribution in [0.2, 0.25) is 0 Å². The standard InChI is InChI=1S/C17H21N7O3/c1-9-4-11(8-24(27)7-9)21-17-14(16(19)26)20-6-13(23-17)22-12(15(18)25)5-10-2-3-10/h4,6-8,10,12H,2-3,5H2,1H3,(H6-,18,19,21,22,23,25,26,27)/p+1/t12-/m1/s1. The minimum atomic E-state index is -0.759. The Morgan fingerprint density at radius 3 is 2.70 bits per heavy atom. The largest absolute Gasteiger partial charge is 0.368 e. The second-order valence-corrected chi connectivity index (χ2v) is 6.70. The second-order valence-electron chi connectivity index (χ2n) is 6.70. The van der Waals surface area contributed by atoms with Crippen molar-refractivity contribution in [1.82, 2.24) is 9.97 Å². The highest BCUT2D eigenvalue weighted by Crippen LogP contribution is 2.34. The molecule has 3 rings (SSSR count). The van der Waals surface area contributed by atoms with Crippen LogP contribution in [0.15, 0.2) is 24.7 Å². The quantitative estimate of drug-likeness (QED) is 0.327. The third-order valence-electron chi connectivity index (χ3n) is 4.19. The molecule has 0 aliphatic heterocycles. The second kappa shape index (κ2) is 7.44. The monoisotopic (exact) mass is 372 g/mol. The minimum absolute atomic E-state index is 0.0654. The molecule has 0 saturated heterocycles. The van der Waals surface area contributed by atoms with E-state index >= 15 is 0 Å². The molecule has 2 heterocycles. The molecule has 1 atom stereocenters. The fourth-order valence-corrected chi connectivity index (χ4v) is 2.75. The molecule has 0 unspecified atom stereocenters. The predicted octanol–water partition coefficient (Wildman–Crippen LogP) is 0.218. The van der Waals surface area contributed by atoms with Crippen molar-refractivity contribution >= 4 is 29.1 Å². The fraction of sp³-hybridized carbons (Fsp3) is 0.353. The van der Waals surface area contributed by atoms with Crippen molar-refractivity contribution in [3.8, 4) is 0 Å². The van der Waals surface area contributed by atoms with Crippen molar-refractivity contribution in [2.45, 2.75) is 32.2 Å². The van der Waals surface area contributed by atoms with Crippen molar-refractivity contribution in [2.75, 3.05) is 10.6 Å². The van der Waals surface area contributed by atoms with Crippen LogP contribution in [0.5, 0.6) is 0 Å². The summed E-state index contributed by atoms with van der Waals surface area (Å²) in [5, 5.41) is 15.6. The number of pyridine rings is 1. The maximum Gasteiger partial charge on any atom is 0.271 e. The van der Waals surface area contributed by atoms with Gasteiger partial charge in [0.25, 0.3) is 5.91 Å². The fourth-order valence-electron chi connectivity index (χ4n) is 2.75. The predicted molar refractivity (Wildman–Crippen MR) is 96.3 cm³/mol. The Kier molecular flexibility index (Phi) is 5.06. The number of carbonyl (C=O) groups is 2. The molecule has 2 aromatic rings. The summed E-state index contributed by atoms with van der Waals surface area (Å²) in [7, 11) is 0. The number of anilines is 3. The lowest BCUT2D eigenvalue weighted by Gasteiger charge is -2.16. The first-order valence-corrected chi connectivity index (χ1v) is 8.53. The Morgan fingerprint density at radius 2 is 2.11 bits per heavy atom. The number of nitrogens with one attached hydrogen (secondary N) is 2. The van der Waals surface area contributed by atoms with Crippen LogP contribution >= 0.6 is 0 Å². The van der Waals surface area contributed by atoms with Gasteiger partial charge in [-0.15, -0.1) is 0 Å². The molecule has 2 amide bonds. The van der Waals surface area contributed by atoms with Gasteiger partial charge in [-0.05, 0) is 25.3 Å². The van der Waals surface area contributed by atoms with Crippen LogP contribution in [0.4, 0.5) is 17.3 Å². The molecular formula is C17H22N7O3+. The number of nitrogens with two attached hydrogens (primary N) is 2. The third-order valence-corrected chi connectivity index (χ3v) is 4.19. The molecule has 1 aliphatic carbocycles. The minimum Gasteiger partial charge on any atom is -0.368 e. The van der Waals surface area contributed by atoms with E-state index in [1.165, 1.54) is 18.6 Å². The number of aromatic nitrogens is 3. The van der Waals surface area contributed by atoms with Gasteiger partial charge in [-0.25, -0.2) is 9.97 Å². The van der Waals surface area contributed by atoms with Crippen LogP contribution in [-0.4, -0.2) is 33.0 Å². The SMILES string of the molecule is Cc1cc(Nc2nc(N[C@H](CC3CC3)C(N)=O)cnc2C(N)=O)c[n+](O)c1. The summed E-state index contributed by atoms with van der Waals surface area (Å²) in [6, 6.07) is 1.18. The van der Waals surface area contributed by atoms with Gasteiger partial charge < -0.3 is 22.1 Å². The van der Waals surface area contributed by atoms with Gasteiger partial charge in [0, 0.05) is 10.3 Å². The topological polar surface area (TPSA) is 160 Å². The zero-order valence-electron chi connectivity index (χ0n) is 14.8. The lowest BCUT2D eigenvalue weighted by atomic mass is 10.1. The van der Waals surface area contributed by atoms with E-state index in [0.717, 1.165) is 23.1 Å². The van der Waals surface area contributed by atoms with Crippen molar-refractivity contribution in [1.29, 1.82) is 0 Å². The maximum absolute atomic E-state index is 11.7. The zero-order chi connectivity index (χ0) is 19.6. The van der Waals surface area contributed by atoms with E-state index < -0.39 is 17.9 Å². The Bertz CT molecular complexity index is 863. The molecule has 27 heavy (non-hydrogen) atoms. The third kappa shape index (κ3) is 4.81. The molecule has 0 radical (unpaired) electrons. The number of amides is 2. The highest BCUT2D eigenvalue weighted by atomic mass is 16.5. The zero-order valence-corrected chi connectivity index (χ0v) is 14.8. The Morgan fingerprint density at radius 1 is 1.37 bits per heavy atom. The summed E-state index contributed by atoms with van der Waals surface area (Å²) in [6.45, 7) is 1.80. The summed E-state index contributed by atoms with van der Waals surface area (Å²) in [5.74, 6) is -0.357. The van der Waals surface area contributed by atoms with Crippen LogP contribution in [0.25, 0.3) is 0 Å². The van der Waals surface area contributed by atoms with E-state index in [2.05, 4.69) is 20.6 Å². The van der Waals surface area contributed by atoms with E-state index in [1.807, 2.05) is 0 Å². The van der Waals surface area contributed by atoms with Crippen LogP contribution in [0.3, 0.4) is 0 Å². The lowest BCUT2D eigenvalue weighted by molar-refractivity contribution is -0.904. The smallest absolute Gasteiger partial charge is 0.271 e. The first-order chi connectivity index (χ1) is 12.8. The van der Waals surface area contributed by atoms with Crippen molar-refractivity contribution < 1.29 is 19.5 Å². The Balaban J connectivity index is 1.87. The molecule has 142 valence electrons. The van der Waals surface area contributed by atoms with Gasteiger partial charge in [-0.1, -0.05) is 12.8 Å². The molecule has 1 saturated carbocycles. The molecule has 0 bridgehead atoms. The maximum atomic E-state index is 11.7. The molecule has 0 aromatic carbocycles. The summed E-state index contributed by atoms with van der Waals surface area (Å²) in [6.07, 6.45) is 7.03. The van der Waals surface area contributed by atoms with Gasteiger partial charge in [0.15, 0.2) is 11.5 Å². The van der Waals surface area contributed by atoms with E-state index in [1.54, 1.807) is 13.0 Å². The highest BCUT2D eigenvalue weighted by Gasteiger charge is 2.28. The van der Waals surface area contributed by atoms with Gasteiger partial charge in [0.1, 0.15) is 17.5 Å². The Labute approximate surface area is 155 Å². The van der Waals surface area contributed by atoms with Gasteiger partial charge in [0.05, 0.1) is 6.20 Å². The Hall–Kier alpha value is -3.43. The molecule has 0 spiro atoms. The molecular weight excluding hydrogens is 350 g/mol. The molecule has 7 N–H and O–H groups in total. The van der Waals surface area contributed by atoms with Crippen LogP contribution in [-0.2, 0) is 4.79 Å². The molecule has 10 nitrogen and oxygen atoms in total. The summed E-state index contributed by atoms with van der Waals surface area (Å²) in [4.78, 5) is 31.7. The number of carbonyl (C=O) groups excluding carboxylic acids is 2. The number of hydrogen-bond acceptors (Lipinski definition) is 7. The summed E-state index contributed by atoms with van der Waals surface area (Å²) in [5.41, 5.74) is 12.0. The van der Waals surface area contributed by atoms with Gasteiger partial charge in [0.2, 0.25) is 18.3 Å². The number of aryl methyl sites for hydroxylation is 1. The molecule has 2 aromatic heterocycles. The first-order valence-electron chi connectivity index (χ1n) is 8.53. The first kappa shape index (κ1) is 18.4. The highest BCUT2D eigenvalue weighted by molar-refractivity contribution is 5.96. The van der Waals surface area contributed by atoms with Gasteiger partial charge >= 0.3 is 0 Å². The number of rotatable bonds is 8. The summed E-state index contributed by atoms with van der Waals surface area (Å²) < 4.78 is 0.885. The van der Waals surface area contributed by atoms with Gasteiger partial charge in [-0.2, -0.15) is 0 Å². The summed E-state index contributed by atoms with van der Waals surface area (Å²) >= 11 is 0. The molecule has 10 heteroatoms. The van der Waals surface area contributed by atoms with Crippen LogP contribution in [0.1, 0.15) is 35.3 Å². The average molecular weight is 372 g/mol.